The van der Waals surface area contributed by atoms with E-state index in [1.54, 1.807) is 4.72 Å². The molecule has 2 aromatic rings. The molecule has 0 aliphatic rings. The number of nitrogens with zero attached hydrogens (tertiary/aromatic N) is 1. The number of sulfonamides is 1. The zero-order valence-corrected chi connectivity index (χ0v) is 13.1. The minimum atomic E-state index is -4.87. The van der Waals surface area contributed by atoms with E-state index in [0.717, 1.165) is 36.5 Å². The van der Waals surface area contributed by atoms with Gasteiger partial charge in [-0.2, -0.15) is 0 Å². The summed E-state index contributed by atoms with van der Waals surface area (Å²) in [5, 5.41) is 0.0699. The van der Waals surface area contributed by atoms with Gasteiger partial charge in [0, 0.05) is 11.8 Å². The van der Waals surface area contributed by atoms with Crippen molar-refractivity contribution in [3.05, 3.63) is 53.3 Å². The molecule has 6 nitrogen and oxygen atoms in total. The van der Waals surface area contributed by atoms with E-state index in [2.05, 4.69) is 9.72 Å². The first kappa shape index (κ1) is 18.0. The number of pyridine rings is 1. The second-order valence-corrected chi connectivity index (χ2v) is 6.39. The molecule has 128 valence electrons. The number of hydrogen-bond donors (Lipinski definition) is 1. The van der Waals surface area contributed by atoms with Gasteiger partial charge in [0.1, 0.15) is 15.8 Å². The van der Waals surface area contributed by atoms with Crippen LogP contribution in [0.15, 0.2) is 47.5 Å². The zero-order chi connectivity index (χ0) is 18.0. The monoisotopic (exact) mass is 380 g/mol. The Morgan fingerprint density at radius 1 is 1.12 bits per heavy atom. The largest absolute Gasteiger partial charge is 0.573 e. The number of carbonyl (C=O) groups is 1. The molecule has 0 bridgehead atoms. The van der Waals surface area contributed by atoms with Gasteiger partial charge in [-0.1, -0.05) is 11.6 Å². The fourth-order valence-electron chi connectivity index (χ4n) is 1.57. The molecule has 0 spiro atoms. The van der Waals surface area contributed by atoms with Crippen LogP contribution < -0.4 is 9.46 Å². The van der Waals surface area contributed by atoms with E-state index in [1.165, 1.54) is 6.07 Å². The number of carbonyl (C=O) groups excluding carboxylic acids is 1. The lowest BCUT2D eigenvalue weighted by Crippen LogP contribution is -2.30. The Labute approximate surface area is 139 Å². The molecule has 11 heteroatoms. The van der Waals surface area contributed by atoms with Crippen LogP contribution >= 0.6 is 11.6 Å². The van der Waals surface area contributed by atoms with E-state index in [1.807, 2.05) is 0 Å². The summed E-state index contributed by atoms with van der Waals surface area (Å²) in [6, 6.07) is 6.13. The van der Waals surface area contributed by atoms with Crippen LogP contribution in [-0.2, 0) is 10.0 Å². The molecule has 1 aromatic carbocycles. The summed E-state index contributed by atoms with van der Waals surface area (Å²) in [4.78, 5) is 15.2. The number of benzene rings is 1. The molecule has 1 N–H and O–H groups in total. The van der Waals surface area contributed by atoms with Crippen molar-refractivity contribution in [3.8, 4) is 5.75 Å². The highest BCUT2D eigenvalue weighted by molar-refractivity contribution is 7.90. The molecular formula is C13H8ClF3N2O4S. The van der Waals surface area contributed by atoms with Gasteiger partial charge in [-0.05, 0) is 36.4 Å². The Hall–Kier alpha value is -2.33. The zero-order valence-electron chi connectivity index (χ0n) is 11.5. The summed E-state index contributed by atoms with van der Waals surface area (Å²) in [6.45, 7) is 0. The van der Waals surface area contributed by atoms with Crippen LogP contribution in [0.5, 0.6) is 5.75 Å². The Morgan fingerprint density at radius 2 is 1.75 bits per heavy atom. The summed E-state index contributed by atoms with van der Waals surface area (Å²) >= 11 is 5.54. The molecule has 0 atom stereocenters. The van der Waals surface area contributed by atoms with Gasteiger partial charge in [0.15, 0.2) is 0 Å². The van der Waals surface area contributed by atoms with Crippen molar-refractivity contribution in [1.29, 1.82) is 0 Å². The van der Waals surface area contributed by atoms with Gasteiger partial charge in [0.25, 0.3) is 15.9 Å². The molecule has 0 fully saturated rings. The van der Waals surface area contributed by atoms with Gasteiger partial charge in [-0.25, -0.2) is 18.1 Å². The molecular weight excluding hydrogens is 373 g/mol. The molecule has 0 aliphatic heterocycles. The summed E-state index contributed by atoms with van der Waals surface area (Å²) in [5.41, 5.74) is -0.171. The smallest absolute Gasteiger partial charge is 0.406 e. The fourth-order valence-corrected chi connectivity index (χ4v) is 2.60. The van der Waals surface area contributed by atoms with Gasteiger partial charge in [-0.15, -0.1) is 13.2 Å². The number of hydrogen-bond acceptors (Lipinski definition) is 5. The number of alkyl halides is 3. The van der Waals surface area contributed by atoms with Crippen LogP contribution in [0.4, 0.5) is 13.2 Å². The predicted molar refractivity (Wildman–Crippen MR) is 77.0 cm³/mol. The third-order valence-electron chi connectivity index (χ3n) is 2.59. The molecule has 24 heavy (non-hydrogen) atoms. The maximum absolute atomic E-state index is 12.0. The highest BCUT2D eigenvalue weighted by Gasteiger charge is 2.31. The summed E-state index contributed by atoms with van der Waals surface area (Å²) in [6.07, 6.45) is -3.91. The first-order valence-electron chi connectivity index (χ1n) is 6.11. The average Bonchev–Trinajstić information content (AvgIpc) is 2.46. The second kappa shape index (κ2) is 6.65. The normalized spacial score (nSPS) is 11.8. The number of amides is 1. The number of ether oxygens (including phenoxy) is 1. The standard InChI is InChI=1S/C13H8ClF3N2O4S/c14-11-6-5-10(7-18-11)24(21,22)19-12(20)8-1-3-9(4-2-8)23-13(15,16)17/h1-7H,(H,19,20). The van der Waals surface area contributed by atoms with Crippen LogP contribution in [0, 0.1) is 0 Å². The van der Waals surface area contributed by atoms with Gasteiger partial charge < -0.3 is 4.74 Å². The second-order valence-electron chi connectivity index (χ2n) is 4.32. The molecule has 0 aliphatic carbocycles. The maximum Gasteiger partial charge on any atom is 0.573 e. The van der Waals surface area contributed by atoms with Crippen LogP contribution in [0.3, 0.4) is 0 Å². The lowest BCUT2D eigenvalue weighted by Gasteiger charge is -2.10. The highest BCUT2D eigenvalue weighted by atomic mass is 35.5. The summed E-state index contributed by atoms with van der Waals surface area (Å²) < 4.78 is 65.5. The van der Waals surface area contributed by atoms with E-state index in [0.29, 0.717) is 0 Å². The molecule has 1 amide bonds. The molecule has 2 rings (SSSR count). The third-order valence-corrected chi connectivity index (χ3v) is 4.13. The van der Waals surface area contributed by atoms with E-state index in [9.17, 15) is 26.4 Å². The Bertz CT molecular complexity index is 837. The van der Waals surface area contributed by atoms with Gasteiger partial charge >= 0.3 is 6.36 Å². The number of halogens is 4. The minimum Gasteiger partial charge on any atom is -0.406 e. The summed E-state index contributed by atoms with van der Waals surface area (Å²) in [7, 11) is -4.20. The van der Waals surface area contributed by atoms with Crippen molar-refractivity contribution < 1.29 is 31.1 Å². The molecule has 0 unspecified atom stereocenters. The molecule has 0 saturated carbocycles. The van der Waals surface area contributed by atoms with E-state index in [4.69, 9.17) is 11.6 Å². The van der Waals surface area contributed by atoms with Crippen molar-refractivity contribution in [2.75, 3.05) is 0 Å². The first-order chi connectivity index (χ1) is 11.1. The van der Waals surface area contributed by atoms with E-state index in [-0.39, 0.29) is 15.6 Å². The van der Waals surface area contributed by atoms with Crippen molar-refractivity contribution in [2.45, 2.75) is 11.3 Å². The van der Waals surface area contributed by atoms with Crippen LogP contribution in [-0.4, -0.2) is 25.7 Å². The SMILES string of the molecule is O=C(NS(=O)(=O)c1ccc(Cl)nc1)c1ccc(OC(F)(F)F)cc1. The molecule has 1 aromatic heterocycles. The van der Waals surface area contributed by atoms with Crippen LogP contribution in [0.25, 0.3) is 0 Å². The highest BCUT2D eigenvalue weighted by Crippen LogP contribution is 2.22. The quantitative estimate of drug-likeness (QED) is 0.824. The predicted octanol–water partition coefficient (Wildman–Crippen LogP) is 2.75. The van der Waals surface area contributed by atoms with Crippen molar-refractivity contribution >= 4 is 27.5 Å². The van der Waals surface area contributed by atoms with Crippen LogP contribution in [0.1, 0.15) is 10.4 Å². The number of aromatic nitrogens is 1. The van der Waals surface area contributed by atoms with E-state index < -0.39 is 28.0 Å². The van der Waals surface area contributed by atoms with Crippen molar-refractivity contribution in [3.63, 3.8) is 0 Å². The van der Waals surface area contributed by atoms with E-state index >= 15 is 0 Å². The fraction of sp³-hybridized carbons (Fsp3) is 0.0769. The number of nitrogens with one attached hydrogen (secondary N) is 1. The number of rotatable bonds is 4. The third kappa shape index (κ3) is 4.83. The topological polar surface area (TPSA) is 85.4 Å². The molecule has 1 heterocycles. The van der Waals surface area contributed by atoms with Crippen molar-refractivity contribution in [2.24, 2.45) is 0 Å². The van der Waals surface area contributed by atoms with Gasteiger partial charge in [-0.3, -0.25) is 4.79 Å². The minimum absolute atomic E-state index is 0.0699. The van der Waals surface area contributed by atoms with Crippen molar-refractivity contribution in [1.82, 2.24) is 9.71 Å². The Kier molecular flexibility index (Phi) is 4.99. The van der Waals surface area contributed by atoms with Gasteiger partial charge in [0.05, 0.1) is 0 Å². The average molecular weight is 381 g/mol. The Balaban J connectivity index is 2.13. The maximum atomic E-state index is 12.0. The molecule has 0 radical (unpaired) electrons. The van der Waals surface area contributed by atoms with Gasteiger partial charge in [0.2, 0.25) is 0 Å². The van der Waals surface area contributed by atoms with Crippen LogP contribution in [0.2, 0.25) is 5.15 Å². The lowest BCUT2D eigenvalue weighted by atomic mass is 10.2. The Morgan fingerprint density at radius 3 is 2.25 bits per heavy atom. The first-order valence-corrected chi connectivity index (χ1v) is 7.97. The lowest BCUT2D eigenvalue weighted by molar-refractivity contribution is -0.274. The summed E-state index contributed by atoms with van der Waals surface area (Å²) in [5.74, 6) is -1.56. The molecule has 0 saturated heterocycles.